The molecule has 0 aliphatic carbocycles. The maximum absolute atomic E-state index is 12.9. The summed E-state index contributed by atoms with van der Waals surface area (Å²) >= 11 is 1.22. The molecule has 2 rings (SSSR count). The van der Waals surface area contributed by atoms with Crippen molar-refractivity contribution in [3.8, 4) is 0 Å². The third-order valence-corrected chi connectivity index (χ3v) is 2.93. The minimum Gasteiger partial charge on any atom is -0.312 e. The van der Waals surface area contributed by atoms with Gasteiger partial charge < -0.3 is 5.32 Å². The Morgan fingerprint density at radius 3 is 2.39 bits per heavy atom. The van der Waals surface area contributed by atoms with E-state index in [0.717, 1.165) is 5.01 Å². The Kier molecular flexibility index (Phi) is 3.33. The van der Waals surface area contributed by atoms with Gasteiger partial charge in [-0.15, -0.1) is 11.3 Å². The van der Waals surface area contributed by atoms with E-state index in [1.807, 2.05) is 0 Å². The molecule has 3 nitrogen and oxygen atoms in total. The Morgan fingerprint density at radius 2 is 1.89 bits per heavy atom. The molecule has 0 radical (unpaired) electrons. The van der Waals surface area contributed by atoms with Crippen LogP contribution in [-0.2, 0) is 0 Å². The molecule has 1 heterocycles. The smallest absolute Gasteiger partial charge is 0.256 e. The summed E-state index contributed by atoms with van der Waals surface area (Å²) in [5, 5.41) is 3.60. The van der Waals surface area contributed by atoms with E-state index < -0.39 is 23.4 Å². The Labute approximate surface area is 104 Å². The van der Waals surface area contributed by atoms with Crippen molar-refractivity contribution in [3.05, 3.63) is 46.4 Å². The van der Waals surface area contributed by atoms with E-state index in [1.54, 1.807) is 6.92 Å². The zero-order valence-electron chi connectivity index (χ0n) is 9.13. The molecular weight excluding hydrogens is 265 g/mol. The number of benzene rings is 1. The quantitative estimate of drug-likeness (QED) is 0.853. The number of aryl methyl sites for hydroxylation is 1. The van der Waals surface area contributed by atoms with Gasteiger partial charge in [0.1, 0.15) is 5.00 Å². The van der Waals surface area contributed by atoms with Crippen LogP contribution < -0.4 is 5.32 Å². The molecule has 0 aliphatic heterocycles. The molecule has 0 aliphatic rings. The molecule has 1 amide bonds. The first kappa shape index (κ1) is 12.6. The van der Waals surface area contributed by atoms with E-state index in [4.69, 9.17) is 0 Å². The normalized spacial score (nSPS) is 10.4. The lowest BCUT2D eigenvalue weighted by atomic mass is 10.2. The maximum Gasteiger partial charge on any atom is 0.256 e. The largest absolute Gasteiger partial charge is 0.312 e. The summed E-state index contributed by atoms with van der Waals surface area (Å²) in [6.45, 7) is 1.75. The number of hydrogen-bond acceptors (Lipinski definition) is 3. The second-order valence-corrected chi connectivity index (χ2v) is 4.69. The van der Waals surface area contributed by atoms with Gasteiger partial charge in [-0.3, -0.25) is 4.79 Å². The third kappa shape index (κ3) is 2.51. The number of thiazole rings is 1. The summed E-state index contributed by atoms with van der Waals surface area (Å²) in [6, 6.07) is 1.28. The van der Waals surface area contributed by atoms with Crippen LogP contribution in [-0.4, -0.2) is 10.9 Å². The molecule has 18 heavy (non-hydrogen) atoms. The monoisotopic (exact) mass is 272 g/mol. The molecule has 1 aromatic heterocycles. The van der Waals surface area contributed by atoms with Gasteiger partial charge >= 0.3 is 0 Å². The third-order valence-electron chi connectivity index (χ3n) is 2.10. The number of hydrogen-bond donors (Lipinski definition) is 1. The molecule has 0 bridgehead atoms. The number of nitrogens with zero attached hydrogens (tertiary/aromatic N) is 1. The van der Waals surface area contributed by atoms with Crippen LogP contribution in [0.3, 0.4) is 0 Å². The highest BCUT2D eigenvalue weighted by molar-refractivity contribution is 7.15. The molecule has 0 fully saturated rings. The van der Waals surface area contributed by atoms with E-state index >= 15 is 0 Å². The highest BCUT2D eigenvalue weighted by Gasteiger charge is 2.15. The zero-order chi connectivity index (χ0) is 13.3. The predicted octanol–water partition coefficient (Wildman–Crippen LogP) is 3.12. The molecule has 2 aromatic rings. The fraction of sp³-hybridized carbons (Fsp3) is 0.0909. The Morgan fingerprint density at radius 1 is 1.28 bits per heavy atom. The summed E-state index contributed by atoms with van der Waals surface area (Å²) in [5.41, 5.74) is -0.294. The summed E-state index contributed by atoms with van der Waals surface area (Å²) in [6.07, 6.45) is 1.42. The van der Waals surface area contributed by atoms with E-state index in [1.165, 1.54) is 17.5 Å². The SMILES string of the molecule is Cc1ncc(NC(=O)c2cc(F)c(F)c(F)c2)s1. The van der Waals surface area contributed by atoms with Gasteiger partial charge in [0.05, 0.1) is 11.2 Å². The van der Waals surface area contributed by atoms with E-state index in [9.17, 15) is 18.0 Å². The summed E-state index contributed by atoms with van der Waals surface area (Å²) in [5.74, 6) is -5.13. The number of anilines is 1. The van der Waals surface area contributed by atoms with E-state index in [0.29, 0.717) is 17.1 Å². The average molecular weight is 272 g/mol. The van der Waals surface area contributed by atoms with Gasteiger partial charge in [0, 0.05) is 5.56 Å². The number of halogens is 3. The first-order chi connectivity index (χ1) is 8.47. The van der Waals surface area contributed by atoms with E-state index in [-0.39, 0.29) is 5.56 Å². The first-order valence-corrected chi connectivity index (χ1v) is 5.67. The Hall–Kier alpha value is -1.89. The standard InChI is InChI=1S/C11H7F3N2OS/c1-5-15-4-9(18-5)16-11(17)6-2-7(12)10(14)8(13)3-6/h2-4H,1H3,(H,16,17). The van der Waals surface area contributed by atoms with Gasteiger partial charge in [-0.05, 0) is 19.1 Å². The van der Waals surface area contributed by atoms with Crippen LogP contribution in [0.15, 0.2) is 18.3 Å². The van der Waals surface area contributed by atoms with Crippen molar-refractivity contribution in [2.45, 2.75) is 6.92 Å². The molecule has 1 aromatic carbocycles. The van der Waals surface area contributed by atoms with Gasteiger partial charge in [0.15, 0.2) is 17.5 Å². The lowest BCUT2D eigenvalue weighted by Gasteiger charge is -2.03. The Bertz CT molecular complexity index is 589. The number of aromatic nitrogens is 1. The topological polar surface area (TPSA) is 42.0 Å². The van der Waals surface area contributed by atoms with Crippen molar-refractivity contribution < 1.29 is 18.0 Å². The number of rotatable bonds is 2. The lowest BCUT2D eigenvalue weighted by molar-refractivity contribution is 0.102. The number of nitrogens with one attached hydrogen (secondary N) is 1. The Balaban J connectivity index is 2.24. The van der Waals surface area contributed by atoms with E-state index in [2.05, 4.69) is 10.3 Å². The van der Waals surface area contributed by atoms with Crippen LogP contribution in [0.5, 0.6) is 0 Å². The predicted molar refractivity (Wildman–Crippen MR) is 61.1 cm³/mol. The zero-order valence-corrected chi connectivity index (χ0v) is 9.95. The van der Waals surface area contributed by atoms with Crippen LogP contribution in [0, 0.1) is 24.4 Å². The van der Waals surface area contributed by atoms with Crippen molar-refractivity contribution >= 4 is 22.2 Å². The van der Waals surface area contributed by atoms with Crippen molar-refractivity contribution in [2.24, 2.45) is 0 Å². The van der Waals surface area contributed by atoms with Crippen molar-refractivity contribution in [2.75, 3.05) is 5.32 Å². The van der Waals surface area contributed by atoms with Gasteiger partial charge in [0.25, 0.3) is 5.91 Å². The van der Waals surface area contributed by atoms with Crippen molar-refractivity contribution in [1.29, 1.82) is 0 Å². The van der Waals surface area contributed by atoms with Gasteiger partial charge in [0.2, 0.25) is 0 Å². The molecule has 0 saturated heterocycles. The van der Waals surface area contributed by atoms with Crippen LogP contribution in [0.2, 0.25) is 0 Å². The summed E-state index contributed by atoms with van der Waals surface area (Å²) in [4.78, 5) is 15.6. The number of amides is 1. The molecule has 0 saturated carbocycles. The maximum atomic E-state index is 12.9. The molecular formula is C11H7F3N2OS. The van der Waals surface area contributed by atoms with Crippen molar-refractivity contribution in [3.63, 3.8) is 0 Å². The van der Waals surface area contributed by atoms with Gasteiger partial charge in [-0.25, -0.2) is 18.2 Å². The highest BCUT2D eigenvalue weighted by Crippen LogP contribution is 2.19. The number of carbonyl (C=O) groups is 1. The van der Waals surface area contributed by atoms with Crippen molar-refractivity contribution in [1.82, 2.24) is 4.98 Å². The van der Waals surface area contributed by atoms with Crippen LogP contribution >= 0.6 is 11.3 Å². The minimum atomic E-state index is -1.60. The molecule has 7 heteroatoms. The average Bonchev–Trinajstić information content (AvgIpc) is 2.71. The van der Waals surface area contributed by atoms with Gasteiger partial charge in [-0.2, -0.15) is 0 Å². The van der Waals surface area contributed by atoms with Crippen LogP contribution in [0.25, 0.3) is 0 Å². The lowest BCUT2D eigenvalue weighted by Crippen LogP contribution is -2.12. The van der Waals surface area contributed by atoms with Crippen LogP contribution in [0.1, 0.15) is 15.4 Å². The molecule has 94 valence electrons. The molecule has 0 spiro atoms. The number of carbonyl (C=O) groups excluding carboxylic acids is 1. The summed E-state index contributed by atoms with van der Waals surface area (Å²) in [7, 11) is 0. The second-order valence-electron chi connectivity index (χ2n) is 3.45. The molecule has 0 unspecified atom stereocenters. The summed E-state index contributed by atoms with van der Waals surface area (Å²) < 4.78 is 38.6. The van der Waals surface area contributed by atoms with Gasteiger partial charge in [-0.1, -0.05) is 0 Å². The molecule has 0 atom stereocenters. The van der Waals surface area contributed by atoms with Crippen LogP contribution in [0.4, 0.5) is 18.2 Å². The first-order valence-electron chi connectivity index (χ1n) is 4.85. The second kappa shape index (κ2) is 4.77. The fourth-order valence-electron chi connectivity index (χ4n) is 1.29. The molecule has 1 N–H and O–H groups in total. The highest BCUT2D eigenvalue weighted by atomic mass is 32.1. The minimum absolute atomic E-state index is 0.294. The fourth-order valence-corrected chi connectivity index (χ4v) is 1.96.